The van der Waals surface area contributed by atoms with Gasteiger partial charge in [0.25, 0.3) is 5.91 Å². The summed E-state index contributed by atoms with van der Waals surface area (Å²) < 4.78 is 7.17. The number of nitrogens with one attached hydrogen (secondary N) is 1. The normalized spacial score (nSPS) is 17.0. The molecule has 2 aromatic heterocycles. The molecule has 1 aliphatic heterocycles. The first kappa shape index (κ1) is 16.7. The molecule has 6 heteroatoms. The first-order valence-corrected chi connectivity index (χ1v) is 8.89. The standard InChI is InChI=1S/C20H22N4O2/c1-12-6-4-7-15-13(2)10-17(21-19(12)15)24-18(11-14(3)23-24)22-20(25)16-8-5-9-26-16/h4,6-7,10-11,16H,5,8-9H2,1-3H3,(H,22,25). The Labute approximate surface area is 152 Å². The first-order valence-electron chi connectivity index (χ1n) is 8.89. The lowest BCUT2D eigenvalue weighted by atomic mass is 10.1. The molecule has 1 fully saturated rings. The summed E-state index contributed by atoms with van der Waals surface area (Å²) in [6, 6.07) is 10.0. The van der Waals surface area contributed by atoms with E-state index in [-0.39, 0.29) is 12.0 Å². The van der Waals surface area contributed by atoms with E-state index in [9.17, 15) is 4.79 Å². The number of hydrogen-bond acceptors (Lipinski definition) is 4. The van der Waals surface area contributed by atoms with Gasteiger partial charge in [0.1, 0.15) is 11.9 Å². The number of carbonyl (C=O) groups excluding carboxylic acids is 1. The van der Waals surface area contributed by atoms with Crippen LogP contribution >= 0.6 is 0 Å². The number of para-hydroxylation sites is 1. The molecule has 1 aromatic carbocycles. The highest BCUT2D eigenvalue weighted by Crippen LogP contribution is 2.25. The predicted octanol–water partition coefficient (Wildman–Crippen LogP) is 3.46. The van der Waals surface area contributed by atoms with E-state index in [1.165, 1.54) is 0 Å². The van der Waals surface area contributed by atoms with E-state index in [4.69, 9.17) is 9.72 Å². The third kappa shape index (κ3) is 2.97. The molecule has 1 unspecified atom stereocenters. The molecule has 1 N–H and O–H groups in total. The lowest BCUT2D eigenvalue weighted by Gasteiger charge is -2.13. The van der Waals surface area contributed by atoms with E-state index in [1.807, 2.05) is 38.1 Å². The molecule has 1 atom stereocenters. The lowest BCUT2D eigenvalue weighted by Crippen LogP contribution is -2.28. The number of nitrogens with zero attached hydrogens (tertiary/aromatic N) is 3. The van der Waals surface area contributed by atoms with Gasteiger partial charge in [0.15, 0.2) is 5.82 Å². The van der Waals surface area contributed by atoms with E-state index in [2.05, 4.69) is 23.4 Å². The zero-order valence-electron chi connectivity index (χ0n) is 15.2. The SMILES string of the molecule is Cc1cc(NC(=O)C2CCCO2)n(-c2cc(C)c3cccc(C)c3n2)n1. The molecule has 4 rings (SSSR count). The molecule has 0 saturated carbocycles. The van der Waals surface area contributed by atoms with E-state index < -0.39 is 0 Å². The molecular formula is C20H22N4O2. The smallest absolute Gasteiger partial charge is 0.254 e. The summed E-state index contributed by atoms with van der Waals surface area (Å²) in [4.78, 5) is 17.2. The number of amides is 1. The van der Waals surface area contributed by atoms with Crippen molar-refractivity contribution in [1.29, 1.82) is 0 Å². The monoisotopic (exact) mass is 350 g/mol. The molecule has 0 bridgehead atoms. The summed E-state index contributed by atoms with van der Waals surface area (Å²) in [6.45, 7) is 6.65. The summed E-state index contributed by atoms with van der Waals surface area (Å²) in [5, 5.41) is 8.61. The summed E-state index contributed by atoms with van der Waals surface area (Å²) in [5.41, 5.74) is 4.00. The largest absolute Gasteiger partial charge is 0.368 e. The number of ether oxygens (including phenoxy) is 1. The second-order valence-corrected chi connectivity index (χ2v) is 6.84. The molecule has 1 amide bonds. The first-order chi connectivity index (χ1) is 12.5. The summed E-state index contributed by atoms with van der Waals surface area (Å²) in [5.74, 6) is 1.18. The van der Waals surface area contributed by atoms with Crippen LogP contribution in [0.2, 0.25) is 0 Å². The number of pyridine rings is 1. The Morgan fingerprint density at radius 3 is 2.85 bits per heavy atom. The van der Waals surface area contributed by atoms with Gasteiger partial charge >= 0.3 is 0 Å². The van der Waals surface area contributed by atoms with Gasteiger partial charge in [-0.3, -0.25) is 4.79 Å². The van der Waals surface area contributed by atoms with Gasteiger partial charge in [0, 0.05) is 18.1 Å². The van der Waals surface area contributed by atoms with Crippen molar-refractivity contribution in [3.05, 3.63) is 47.2 Å². The van der Waals surface area contributed by atoms with Crippen LogP contribution in [0.25, 0.3) is 16.7 Å². The fourth-order valence-corrected chi connectivity index (χ4v) is 3.41. The van der Waals surface area contributed by atoms with Crippen molar-refractivity contribution in [1.82, 2.24) is 14.8 Å². The molecular weight excluding hydrogens is 328 g/mol. The zero-order chi connectivity index (χ0) is 18.3. The average molecular weight is 350 g/mol. The highest BCUT2D eigenvalue weighted by atomic mass is 16.5. The third-order valence-corrected chi connectivity index (χ3v) is 4.76. The molecule has 26 heavy (non-hydrogen) atoms. The van der Waals surface area contributed by atoms with Crippen molar-refractivity contribution in [2.75, 3.05) is 11.9 Å². The van der Waals surface area contributed by atoms with Crippen LogP contribution < -0.4 is 5.32 Å². The number of aryl methyl sites for hydroxylation is 3. The van der Waals surface area contributed by atoms with Gasteiger partial charge < -0.3 is 10.1 Å². The number of carbonyl (C=O) groups is 1. The van der Waals surface area contributed by atoms with Crippen LogP contribution in [-0.2, 0) is 9.53 Å². The van der Waals surface area contributed by atoms with Gasteiger partial charge in [-0.25, -0.2) is 4.98 Å². The molecule has 0 radical (unpaired) electrons. The molecule has 3 aromatic rings. The third-order valence-electron chi connectivity index (χ3n) is 4.76. The fourth-order valence-electron chi connectivity index (χ4n) is 3.41. The van der Waals surface area contributed by atoms with E-state index >= 15 is 0 Å². The highest BCUT2D eigenvalue weighted by Gasteiger charge is 2.25. The van der Waals surface area contributed by atoms with E-state index in [0.29, 0.717) is 18.2 Å². The average Bonchev–Trinajstić information content (AvgIpc) is 3.25. The molecule has 0 spiro atoms. The number of anilines is 1. The minimum Gasteiger partial charge on any atom is -0.368 e. The van der Waals surface area contributed by atoms with Crippen molar-refractivity contribution in [3.63, 3.8) is 0 Å². The molecule has 3 heterocycles. The van der Waals surface area contributed by atoms with Crippen LogP contribution in [0.4, 0.5) is 5.82 Å². The van der Waals surface area contributed by atoms with Crippen molar-refractivity contribution < 1.29 is 9.53 Å². The van der Waals surface area contributed by atoms with Gasteiger partial charge in [0.2, 0.25) is 0 Å². The van der Waals surface area contributed by atoms with Crippen LogP contribution in [0.15, 0.2) is 30.3 Å². The van der Waals surface area contributed by atoms with Crippen LogP contribution in [0.1, 0.15) is 29.7 Å². The molecule has 1 aliphatic rings. The van der Waals surface area contributed by atoms with Crippen molar-refractivity contribution in [2.24, 2.45) is 0 Å². The van der Waals surface area contributed by atoms with Crippen LogP contribution in [0.3, 0.4) is 0 Å². The Balaban J connectivity index is 1.75. The Kier molecular flexibility index (Phi) is 4.20. The minimum absolute atomic E-state index is 0.127. The topological polar surface area (TPSA) is 69.0 Å². The van der Waals surface area contributed by atoms with Crippen LogP contribution in [0.5, 0.6) is 0 Å². The number of aromatic nitrogens is 3. The molecule has 6 nitrogen and oxygen atoms in total. The van der Waals surface area contributed by atoms with Crippen molar-refractivity contribution in [3.8, 4) is 5.82 Å². The van der Waals surface area contributed by atoms with Crippen molar-refractivity contribution in [2.45, 2.75) is 39.7 Å². The fraction of sp³-hybridized carbons (Fsp3) is 0.350. The zero-order valence-corrected chi connectivity index (χ0v) is 15.2. The van der Waals surface area contributed by atoms with Gasteiger partial charge in [-0.05, 0) is 50.8 Å². The second kappa shape index (κ2) is 6.53. The van der Waals surface area contributed by atoms with E-state index in [1.54, 1.807) is 4.68 Å². The maximum absolute atomic E-state index is 12.4. The van der Waals surface area contributed by atoms with E-state index in [0.717, 1.165) is 40.6 Å². The van der Waals surface area contributed by atoms with Gasteiger partial charge in [-0.1, -0.05) is 18.2 Å². The lowest BCUT2D eigenvalue weighted by molar-refractivity contribution is -0.124. The summed E-state index contributed by atoms with van der Waals surface area (Å²) in [6.07, 6.45) is 1.29. The second-order valence-electron chi connectivity index (χ2n) is 6.84. The van der Waals surface area contributed by atoms with Gasteiger partial charge in [0.05, 0.1) is 11.2 Å². The van der Waals surface area contributed by atoms with Gasteiger partial charge in [-0.2, -0.15) is 9.78 Å². The Morgan fingerprint density at radius 1 is 1.23 bits per heavy atom. The number of rotatable bonds is 3. The number of benzene rings is 1. The van der Waals surface area contributed by atoms with Crippen LogP contribution in [-0.4, -0.2) is 33.4 Å². The maximum Gasteiger partial charge on any atom is 0.254 e. The van der Waals surface area contributed by atoms with Crippen LogP contribution in [0, 0.1) is 20.8 Å². The Hall–Kier alpha value is -2.73. The van der Waals surface area contributed by atoms with Gasteiger partial charge in [-0.15, -0.1) is 0 Å². The molecule has 134 valence electrons. The number of hydrogen-bond donors (Lipinski definition) is 1. The van der Waals surface area contributed by atoms with Crippen molar-refractivity contribution >= 4 is 22.6 Å². The quantitative estimate of drug-likeness (QED) is 0.785. The predicted molar refractivity (Wildman–Crippen MR) is 101 cm³/mol. The minimum atomic E-state index is -0.382. The number of fused-ring (bicyclic) bond motifs is 1. The molecule has 1 saturated heterocycles. The summed E-state index contributed by atoms with van der Waals surface area (Å²) in [7, 11) is 0. The highest BCUT2D eigenvalue weighted by molar-refractivity contribution is 5.94. The maximum atomic E-state index is 12.4. The Morgan fingerprint density at radius 2 is 2.08 bits per heavy atom. The summed E-state index contributed by atoms with van der Waals surface area (Å²) >= 11 is 0. The molecule has 0 aliphatic carbocycles. The Bertz CT molecular complexity index is 987.